The van der Waals surface area contributed by atoms with Crippen LogP contribution < -0.4 is 0 Å². The Morgan fingerprint density at radius 2 is 1.89 bits per heavy atom. The Bertz CT molecular complexity index is 480. The standard InChI is InChI=1S/C16H20FNO/c1-3-5-11-18-12-10-16(4-2,15(18)19)13-6-8-14(17)9-7-13/h6-10,12H,3-5,11H2,1-2H3. The molecule has 0 saturated carbocycles. The van der Waals surface area contributed by atoms with Crippen LogP contribution in [0.2, 0.25) is 0 Å². The molecule has 0 bridgehead atoms. The quantitative estimate of drug-likeness (QED) is 0.792. The third-order valence-corrected chi connectivity index (χ3v) is 3.85. The maximum absolute atomic E-state index is 13.0. The average Bonchev–Trinajstić information content (AvgIpc) is 2.75. The number of rotatable bonds is 5. The Morgan fingerprint density at radius 1 is 1.21 bits per heavy atom. The van der Waals surface area contributed by atoms with E-state index in [9.17, 15) is 9.18 Å². The lowest BCUT2D eigenvalue weighted by Gasteiger charge is -2.27. The first-order valence-electron chi connectivity index (χ1n) is 6.90. The molecule has 1 aromatic rings. The average molecular weight is 261 g/mol. The van der Waals surface area contributed by atoms with E-state index >= 15 is 0 Å². The topological polar surface area (TPSA) is 20.3 Å². The molecule has 1 aliphatic rings. The van der Waals surface area contributed by atoms with Crippen molar-refractivity contribution in [2.45, 2.75) is 38.5 Å². The van der Waals surface area contributed by atoms with Crippen LogP contribution in [0.5, 0.6) is 0 Å². The second-order valence-electron chi connectivity index (χ2n) is 5.00. The first kappa shape index (κ1) is 13.8. The lowest BCUT2D eigenvalue weighted by Crippen LogP contribution is -2.38. The summed E-state index contributed by atoms with van der Waals surface area (Å²) in [6.07, 6.45) is 6.59. The molecule has 0 aromatic heterocycles. The number of nitrogens with zero attached hydrogens (tertiary/aromatic N) is 1. The van der Waals surface area contributed by atoms with Gasteiger partial charge in [0.25, 0.3) is 0 Å². The Hall–Kier alpha value is -1.64. The highest BCUT2D eigenvalue weighted by molar-refractivity contribution is 5.93. The fraction of sp³-hybridized carbons (Fsp3) is 0.438. The van der Waals surface area contributed by atoms with Gasteiger partial charge in [0.2, 0.25) is 5.91 Å². The number of unbranched alkanes of at least 4 members (excludes halogenated alkanes) is 1. The van der Waals surface area contributed by atoms with Crippen molar-refractivity contribution in [1.29, 1.82) is 0 Å². The smallest absolute Gasteiger partial charge is 0.241 e. The van der Waals surface area contributed by atoms with E-state index < -0.39 is 5.41 Å². The van der Waals surface area contributed by atoms with E-state index in [0.29, 0.717) is 6.42 Å². The van der Waals surface area contributed by atoms with Crippen molar-refractivity contribution in [3.63, 3.8) is 0 Å². The predicted molar refractivity (Wildman–Crippen MR) is 74.1 cm³/mol. The summed E-state index contributed by atoms with van der Waals surface area (Å²) in [5, 5.41) is 0. The number of benzene rings is 1. The van der Waals surface area contributed by atoms with Gasteiger partial charge >= 0.3 is 0 Å². The number of carbonyl (C=O) groups excluding carboxylic acids is 1. The van der Waals surface area contributed by atoms with Crippen LogP contribution in [0.4, 0.5) is 4.39 Å². The second-order valence-corrected chi connectivity index (χ2v) is 5.00. The molecule has 102 valence electrons. The molecule has 1 atom stereocenters. The van der Waals surface area contributed by atoms with Gasteiger partial charge in [-0.25, -0.2) is 4.39 Å². The van der Waals surface area contributed by atoms with Crippen molar-refractivity contribution < 1.29 is 9.18 Å². The highest BCUT2D eigenvalue weighted by atomic mass is 19.1. The zero-order chi connectivity index (χ0) is 13.9. The van der Waals surface area contributed by atoms with Crippen LogP contribution in [0, 0.1) is 5.82 Å². The van der Waals surface area contributed by atoms with E-state index in [2.05, 4.69) is 6.92 Å². The number of hydrogen-bond acceptors (Lipinski definition) is 1. The van der Waals surface area contributed by atoms with Crippen molar-refractivity contribution in [3.05, 3.63) is 47.9 Å². The van der Waals surface area contributed by atoms with E-state index in [0.717, 1.165) is 24.9 Å². The van der Waals surface area contributed by atoms with E-state index in [1.165, 1.54) is 12.1 Å². The molecule has 2 rings (SSSR count). The van der Waals surface area contributed by atoms with Crippen molar-refractivity contribution in [2.75, 3.05) is 6.54 Å². The molecule has 0 spiro atoms. The van der Waals surface area contributed by atoms with Gasteiger partial charge in [0.1, 0.15) is 5.82 Å². The van der Waals surface area contributed by atoms with Gasteiger partial charge in [-0.05, 0) is 36.6 Å². The molecule has 0 aliphatic carbocycles. The van der Waals surface area contributed by atoms with Gasteiger partial charge in [-0.15, -0.1) is 0 Å². The summed E-state index contributed by atoms with van der Waals surface area (Å²) in [5.74, 6) is -0.165. The van der Waals surface area contributed by atoms with Gasteiger partial charge in [-0.3, -0.25) is 4.79 Å². The van der Waals surface area contributed by atoms with Crippen molar-refractivity contribution >= 4 is 5.91 Å². The second kappa shape index (κ2) is 5.55. The zero-order valence-corrected chi connectivity index (χ0v) is 11.5. The first-order valence-corrected chi connectivity index (χ1v) is 6.90. The molecule has 0 fully saturated rings. The number of halogens is 1. The third kappa shape index (κ3) is 2.42. The Kier molecular flexibility index (Phi) is 4.03. The van der Waals surface area contributed by atoms with Crippen LogP contribution in [0.25, 0.3) is 0 Å². The summed E-state index contributed by atoms with van der Waals surface area (Å²) in [6, 6.07) is 6.26. The van der Waals surface area contributed by atoms with Crippen molar-refractivity contribution in [3.8, 4) is 0 Å². The Labute approximate surface area is 113 Å². The van der Waals surface area contributed by atoms with Gasteiger partial charge in [0, 0.05) is 12.7 Å². The van der Waals surface area contributed by atoms with Gasteiger partial charge in [0.15, 0.2) is 0 Å². The molecule has 0 saturated heterocycles. The van der Waals surface area contributed by atoms with Crippen molar-refractivity contribution in [1.82, 2.24) is 4.90 Å². The molecular formula is C16H20FNO. The molecular weight excluding hydrogens is 241 g/mol. The van der Waals surface area contributed by atoms with Crippen LogP contribution in [-0.2, 0) is 10.2 Å². The van der Waals surface area contributed by atoms with Crippen LogP contribution >= 0.6 is 0 Å². The third-order valence-electron chi connectivity index (χ3n) is 3.85. The largest absolute Gasteiger partial charge is 0.318 e. The number of amides is 1. The van der Waals surface area contributed by atoms with E-state index in [1.807, 2.05) is 19.2 Å². The molecule has 19 heavy (non-hydrogen) atoms. The minimum Gasteiger partial charge on any atom is -0.318 e. The summed E-state index contributed by atoms with van der Waals surface area (Å²) in [5.41, 5.74) is 0.262. The van der Waals surface area contributed by atoms with Crippen molar-refractivity contribution in [2.24, 2.45) is 0 Å². The maximum atomic E-state index is 13.0. The minimum absolute atomic E-state index is 0.107. The summed E-state index contributed by atoms with van der Waals surface area (Å²) < 4.78 is 13.0. The fourth-order valence-corrected chi connectivity index (χ4v) is 2.56. The van der Waals surface area contributed by atoms with Crippen LogP contribution in [0.1, 0.15) is 38.7 Å². The molecule has 1 heterocycles. The molecule has 1 aliphatic heterocycles. The lowest BCUT2D eigenvalue weighted by atomic mass is 9.78. The van der Waals surface area contributed by atoms with E-state index in [-0.39, 0.29) is 11.7 Å². The zero-order valence-electron chi connectivity index (χ0n) is 11.5. The van der Waals surface area contributed by atoms with Gasteiger partial charge in [-0.2, -0.15) is 0 Å². The first-order chi connectivity index (χ1) is 9.14. The molecule has 1 unspecified atom stereocenters. The highest BCUT2D eigenvalue weighted by Crippen LogP contribution is 2.36. The Morgan fingerprint density at radius 3 is 2.47 bits per heavy atom. The summed E-state index contributed by atoms with van der Waals surface area (Å²) in [7, 11) is 0. The number of carbonyl (C=O) groups is 1. The highest BCUT2D eigenvalue weighted by Gasteiger charge is 2.42. The molecule has 0 N–H and O–H groups in total. The van der Waals surface area contributed by atoms with Gasteiger partial charge in [0.05, 0.1) is 5.41 Å². The van der Waals surface area contributed by atoms with Crippen LogP contribution in [0.3, 0.4) is 0 Å². The minimum atomic E-state index is -0.610. The molecule has 3 heteroatoms. The van der Waals surface area contributed by atoms with Crippen LogP contribution in [0.15, 0.2) is 36.5 Å². The summed E-state index contributed by atoms with van der Waals surface area (Å²) in [4.78, 5) is 14.4. The predicted octanol–water partition coefficient (Wildman–Crippen LogP) is 3.63. The molecule has 1 aromatic carbocycles. The van der Waals surface area contributed by atoms with E-state index in [1.54, 1.807) is 17.0 Å². The summed E-state index contributed by atoms with van der Waals surface area (Å²) in [6.45, 7) is 4.86. The SMILES string of the molecule is CCCCN1C=CC(CC)(c2ccc(F)cc2)C1=O. The fourth-order valence-electron chi connectivity index (χ4n) is 2.56. The maximum Gasteiger partial charge on any atom is 0.241 e. The van der Waals surface area contributed by atoms with Gasteiger partial charge in [-0.1, -0.05) is 32.4 Å². The van der Waals surface area contributed by atoms with E-state index in [4.69, 9.17) is 0 Å². The van der Waals surface area contributed by atoms with Gasteiger partial charge < -0.3 is 4.90 Å². The summed E-state index contributed by atoms with van der Waals surface area (Å²) >= 11 is 0. The molecule has 1 amide bonds. The lowest BCUT2D eigenvalue weighted by molar-refractivity contribution is -0.131. The normalized spacial score (nSPS) is 22.3. The molecule has 0 radical (unpaired) electrons. The number of hydrogen-bond donors (Lipinski definition) is 0. The van der Waals surface area contributed by atoms with Crippen LogP contribution in [-0.4, -0.2) is 17.4 Å². The monoisotopic (exact) mass is 261 g/mol. The Balaban J connectivity index is 2.27. The molecule has 2 nitrogen and oxygen atoms in total.